The number of nitrogens with two attached hydrogens (primary N) is 1. The Morgan fingerprint density at radius 2 is 2.24 bits per heavy atom. The van der Waals surface area contributed by atoms with E-state index in [1.165, 1.54) is 0 Å². The molecule has 17 heavy (non-hydrogen) atoms. The normalized spacial score (nSPS) is 10.5. The maximum absolute atomic E-state index is 6.07. The first-order chi connectivity index (χ1) is 8.17. The summed E-state index contributed by atoms with van der Waals surface area (Å²) in [5, 5.41) is 4.79. The van der Waals surface area contributed by atoms with Crippen LogP contribution < -0.4 is 10.5 Å². The van der Waals surface area contributed by atoms with Crippen LogP contribution in [-0.2, 0) is 6.42 Å². The highest BCUT2D eigenvalue weighted by Crippen LogP contribution is 2.27. The predicted octanol–water partition coefficient (Wildman–Crippen LogP) is 2.68. The molecule has 4 nitrogen and oxygen atoms in total. The molecule has 1 aromatic heterocycles. The maximum Gasteiger partial charge on any atom is 0.137 e. The molecule has 0 spiro atoms. The quantitative estimate of drug-likeness (QED) is 0.913. The third kappa shape index (κ3) is 2.08. The van der Waals surface area contributed by atoms with Crippen molar-refractivity contribution in [1.82, 2.24) is 9.78 Å². The van der Waals surface area contributed by atoms with Crippen molar-refractivity contribution in [2.24, 2.45) is 0 Å². The Labute approximate surface area is 105 Å². The standard InChI is InChI=1S/C12H14ClN3O/c1-3-8-7-15-16(12(8)14)9-4-5-11(17-2)10(13)6-9/h4-7H,3,14H2,1-2H3. The van der Waals surface area contributed by atoms with Gasteiger partial charge in [-0.25, -0.2) is 4.68 Å². The zero-order valence-corrected chi connectivity index (χ0v) is 10.5. The van der Waals surface area contributed by atoms with E-state index in [1.807, 2.05) is 13.0 Å². The molecular formula is C12H14ClN3O. The van der Waals surface area contributed by atoms with Gasteiger partial charge >= 0.3 is 0 Å². The number of benzene rings is 1. The average molecular weight is 252 g/mol. The lowest BCUT2D eigenvalue weighted by Gasteiger charge is -2.08. The Morgan fingerprint density at radius 3 is 2.76 bits per heavy atom. The van der Waals surface area contributed by atoms with Gasteiger partial charge in [0.1, 0.15) is 11.6 Å². The molecule has 0 aliphatic rings. The number of anilines is 1. The summed E-state index contributed by atoms with van der Waals surface area (Å²) in [4.78, 5) is 0. The van der Waals surface area contributed by atoms with Gasteiger partial charge in [-0.3, -0.25) is 0 Å². The molecule has 90 valence electrons. The first-order valence-electron chi connectivity index (χ1n) is 5.33. The van der Waals surface area contributed by atoms with Crippen LogP contribution in [0.15, 0.2) is 24.4 Å². The van der Waals surface area contributed by atoms with Crippen molar-refractivity contribution in [2.45, 2.75) is 13.3 Å². The Balaban J connectivity index is 2.46. The number of nitrogen functional groups attached to an aromatic ring is 1. The highest BCUT2D eigenvalue weighted by atomic mass is 35.5. The summed E-state index contributed by atoms with van der Waals surface area (Å²) in [5.41, 5.74) is 7.84. The molecule has 2 N–H and O–H groups in total. The Kier molecular flexibility index (Phi) is 3.24. The number of hydrogen-bond acceptors (Lipinski definition) is 3. The van der Waals surface area contributed by atoms with Crippen LogP contribution in [0.3, 0.4) is 0 Å². The number of aromatic nitrogens is 2. The van der Waals surface area contributed by atoms with Crippen molar-refractivity contribution in [3.8, 4) is 11.4 Å². The molecule has 0 unspecified atom stereocenters. The Morgan fingerprint density at radius 1 is 1.47 bits per heavy atom. The second kappa shape index (κ2) is 4.67. The molecule has 1 aromatic carbocycles. The zero-order valence-electron chi connectivity index (χ0n) is 9.77. The summed E-state index contributed by atoms with van der Waals surface area (Å²) in [7, 11) is 1.58. The third-order valence-electron chi connectivity index (χ3n) is 2.65. The third-order valence-corrected chi connectivity index (χ3v) is 2.94. The molecule has 0 aliphatic heterocycles. The predicted molar refractivity (Wildman–Crippen MR) is 68.9 cm³/mol. The first kappa shape index (κ1) is 11.8. The summed E-state index contributed by atoms with van der Waals surface area (Å²) >= 11 is 6.07. The fourth-order valence-corrected chi connectivity index (χ4v) is 1.91. The van der Waals surface area contributed by atoms with Gasteiger partial charge in [0.05, 0.1) is 24.0 Å². The number of hydrogen-bond donors (Lipinski definition) is 1. The summed E-state index contributed by atoms with van der Waals surface area (Å²) in [6.45, 7) is 2.04. The van der Waals surface area contributed by atoms with E-state index in [0.717, 1.165) is 17.7 Å². The molecule has 0 saturated heterocycles. The number of halogens is 1. The molecular weight excluding hydrogens is 238 g/mol. The minimum absolute atomic E-state index is 0.540. The molecule has 5 heteroatoms. The summed E-state index contributed by atoms with van der Waals surface area (Å²) in [6, 6.07) is 5.45. The van der Waals surface area contributed by atoms with E-state index in [9.17, 15) is 0 Å². The van der Waals surface area contributed by atoms with Crippen LogP contribution in [0.5, 0.6) is 5.75 Å². The second-order valence-corrected chi connectivity index (χ2v) is 4.05. The molecule has 0 fully saturated rings. The Bertz CT molecular complexity index is 537. The van der Waals surface area contributed by atoms with E-state index in [1.54, 1.807) is 30.1 Å². The van der Waals surface area contributed by atoms with Crippen molar-refractivity contribution in [1.29, 1.82) is 0 Å². The minimum atomic E-state index is 0.540. The fourth-order valence-electron chi connectivity index (χ4n) is 1.66. The van der Waals surface area contributed by atoms with Gasteiger partial charge in [-0.15, -0.1) is 0 Å². The molecule has 0 amide bonds. The van der Waals surface area contributed by atoms with Crippen molar-refractivity contribution in [2.75, 3.05) is 12.8 Å². The Hall–Kier alpha value is -1.68. The van der Waals surface area contributed by atoms with Gasteiger partial charge in [-0.05, 0) is 24.6 Å². The van der Waals surface area contributed by atoms with E-state index in [4.69, 9.17) is 22.1 Å². The van der Waals surface area contributed by atoms with Gasteiger partial charge in [0.25, 0.3) is 0 Å². The van der Waals surface area contributed by atoms with Gasteiger partial charge in [-0.1, -0.05) is 18.5 Å². The maximum atomic E-state index is 6.07. The average Bonchev–Trinajstić information content (AvgIpc) is 2.70. The minimum Gasteiger partial charge on any atom is -0.495 e. The van der Waals surface area contributed by atoms with Crippen LogP contribution in [-0.4, -0.2) is 16.9 Å². The lowest BCUT2D eigenvalue weighted by Crippen LogP contribution is -2.03. The van der Waals surface area contributed by atoms with Crippen molar-refractivity contribution >= 4 is 17.4 Å². The van der Waals surface area contributed by atoms with E-state index >= 15 is 0 Å². The van der Waals surface area contributed by atoms with Gasteiger partial charge in [0, 0.05) is 5.56 Å². The molecule has 0 saturated carbocycles. The summed E-state index contributed by atoms with van der Waals surface area (Å²) < 4.78 is 6.77. The van der Waals surface area contributed by atoms with Gasteiger partial charge in [0.2, 0.25) is 0 Å². The first-order valence-corrected chi connectivity index (χ1v) is 5.71. The number of ether oxygens (including phenoxy) is 1. The molecule has 0 aliphatic carbocycles. The molecule has 0 radical (unpaired) electrons. The van der Waals surface area contributed by atoms with Crippen LogP contribution in [0.4, 0.5) is 5.82 Å². The lowest BCUT2D eigenvalue weighted by atomic mass is 10.2. The molecule has 2 rings (SSSR count). The number of rotatable bonds is 3. The van der Waals surface area contributed by atoms with Crippen LogP contribution in [0.2, 0.25) is 5.02 Å². The second-order valence-electron chi connectivity index (χ2n) is 3.64. The highest BCUT2D eigenvalue weighted by Gasteiger charge is 2.09. The highest BCUT2D eigenvalue weighted by molar-refractivity contribution is 6.32. The van der Waals surface area contributed by atoms with E-state index in [2.05, 4.69) is 5.10 Å². The van der Waals surface area contributed by atoms with Gasteiger partial charge in [-0.2, -0.15) is 5.10 Å². The van der Waals surface area contributed by atoms with Crippen LogP contribution >= 0.6 is 11.6 Å². The topological polar surface area (TPSA) is 53.1 Å². The van der Waals surface area contributed by atoms with Crippen LogP contribution in [0.1, 0.15) is 12.5 Å². The molecule has 1 heterocycles. The van der Waals surface area contributed by atoms with Crippen LogP contribution in [0.25, 0.3) is 5.69 Å². The number of aryl methyl sites for hydroxylation is 1. The van der Waals surface area contributed by atoms with Crippen molar-refractivity contribution in [3.63, 3.8) is 0 Å². The number of methoxy groups -OCH3 is 1. The molecule has 0 atom stereocenters. The van der Waals surface area contributed by atoms with E-state index < -0.39 is 0 Å². The van der Waals surface area contributed by atoms with Crippen LogP contribution in [0, 0.1) is 0 Å². The monoisotopic (exact) mass is 251 g/mol. The summed E-state index contributed by atoms with van der Waals surface area (Å²) in [5.74, 6) is 1.28. The molecule has 0 bridgehead atoms. The SMILES string of the molecule is CCc1cnn(-c2ccc(OC)c(Cl)c2)c1N. The van der Waals surface area contributed by atoms with E-state index in [0.29, 0.717) is 16.6 Å². The lowest BCUT2D eigenvalue weighted by molar-refractivity contribution is 0.415. The number of nitrogens with zero attached hydrogens (tertiary/aromatic N) is 2. The van der Waals surface area contributed by atoms with Crippen molar-refractivity contribution < 1.29 is 4.74 Å². The zero-order chi connectivity index (χ0) is 12.4. The summed E-state index contributed by atoms with van der Waals surface area (Å²) in [6.07, 6.45) is 2.63. The van der Waals surface area contributed by atoms with E-state index in [-0.39, 0.29) is 0 Å². The fraction of sp³-hybridized carbons (Fsp3) is 0.250. The van der Waals surface area contributed by atoms with Gasteiger partial charge < -0.3 is 10.5 Å². The smallest absolute Gasteiger partial charge is 0.137 e. The largest absolute Gasteiger partial charge is 0.495 e. The van der Waals surface area contributed by atoms with Crippen molar-refractivity contribution in [3.05, 3.63) is 35.0 Å². The molecule has 2 aromatic rings. The van der Waals surface area contributed by atoms with Gasteiger partial charge in [0.15, 0.2) is 0 Å².